The Bertz CT molecular complexity index is 334. The molecule has 2 saturated heterocycles. The van der Waals surface area contributed by atoms with Crippen LogP contribution in [0.25, 0.3) is 0 Å². The number of carbonyl (C=O) groups is 2. The van der Waals surface area contributed by atoms with Gasteiger partial charge in [-0.25, -0.2) is 4.79 Å². The van der Waals surface area contributed by atoms with Crippen LogP contribution >= 0.6 is 11.8 Å². The zero-order valence-electron chi connectivity index (χ0n) is 11.1. The Balaban J connectivity index is 1.82. The summed E-state index contributed by atoms with van der Waals surface area (Å²) in [6, 6.07) is -0.532. The van der Waals surface area contributed by atoms with E-state index < -0.39 is 6.03 Å². The van der Waals surface area contributed by atoms with Gasteiger partial charge in [0, 0.05) is 37.7 Å². The molecule has 2 rings (SSSR count). The van der Waals surface area contributed by atoms with Crippen LogP contribution in [0.15, 0.2) is 0 Å². The average Bonchev–Trinajstić information content (AvgIpc) is 2.45. The smallest absolute Gasteiger partial charge is 0.312 e. The van der Waals surface area contributed by atoms with Gasteiger partial charge in [-0.15, -0.1) is 0 Å². The van der Waals surface area contributed by atoms with E-state index in [2.05, 4.69) is 10.6 Å². The lowest BCUT2D eigenvalue weighted by molar-refractivity contribution is -0.134. The van der Waals surface area contributed by atoms with E-state index in [0.29, 0.717) is 12.5 Å². The highest BCUT2D eigenvalue weighted by Crippen LogP contribution is 2.18. The minimum Gasteiger partial charge on any atom is -0.352 e. The summed E-state index contributed by atoms with van der Waals surface area (Å²) < 4.78 is 0. The SMILES string of the molecule is NC(=O)NCC1CCCN(C(=O)C2CSCCN2)C1. The third kappa shape index (κ3) is 4.28. The molecule has 2 unspecified atom stereocenters. The lowest BCUT2D eigenvalue weighted by Gasteiger charge is -2.36. The second kappa shape index (κ2) is 7.00. The molecule has 0 aromatic carbocycles. The van der Waals surface area contributed by atoms with Crippen molar-refractivity contribution < 1.29 is 9.59 Å². The second-order valence-electron chi connectivity index (χ2n) is 5.12. The molecule has 108 valence electrons. The summed E-state index contributed by atoms with van der Waals surface area (Å²) in [7, 11) is 0. The number of nitrogens with zero attached hydrogens (tertiary/aromatic N) is 1. The average molecular weight is 286 g/mol. The fourth-order valence-electron chi connectivity index (χ4n) is 2.62. The summed E-state index contributed by atoms with van der Waals surface area (Å²) in [6.07, 6.45) is 2.04. The number of primary amides is 1. The number of urea groups is 1. The lowest BCUT2D eigenvalue weighted by Crippen LogP contribution is -2.53. The molecule has 0 aromatic heterocycles. The van der Waals surface area contributed by atoms with Crippen molar-refractivity contribution in [1.82, 2.24) is 15.5 Å². The van der Waals surface area contributed by atoms with Gasteiger partial charge in [-0.3, -0.25) is 4.79 Å². The van der Waals surface area contributed by atoms with Gasteiger partial charge in [0.25, 0.3) is 0 Å². The van der Waals surface area contributed by atoms with Crippen LogP contribution in [-0.2, 0) is 4.79 Å². The molecule has 2 aliphatic heterocycles. The van der Waals surface area contributed by atoms with E-state index >= 15 is 0 Å². The second-order valence-corrected chi connectivity index (χ2v) is 6.27. The number of nitrogens with two attached hydrogens (primary N) is 1. The maximum atomic E-state index is 12.4. The molecule has 2 aliphatic rings. The number of piperidine rings is 1. The van der Waals surface area contributed by atoms with E-state index in [4.69, 9.17) is 5.73 Å². The molecular formula is C12H22N4O2S. The number of hydrogen-bond acceptors (Lipinski definition) is 4. The standard InChI is InChI=1S/C12H22N4O2S/c13-12(18)15-6-9-2-1-4-16(7-9)11(17)10-8-19-5-3-14-10/h9-10,14H,1-8H2,(H3,13,15,18). The van der Waals surface area contributed by atoms with Crippen LogP contribution in [0.1, 0.15) is 12.8 Å². The summed E-state index contributed by atoms with van der Waals surface area (Å²) in [4.78, 5) is 25.0. The van der Waals surface area contributed by atoms with Gasteiger partial charge < -0.3 is 21.3 Å². The molecule has 19 heavy (non-hydrogen) atoms. The van der Waals surface area contributed by atoms with E-state index in [1.165, 1.54) is 0 Å². The Kier molecular flexibility index (Phi) is 5.33. The summed E-state index contributed by atoms with van der Waals surface area (Å²) in [5.41, 5.74) is 5.08. The Morgan fingerprint density at radius 2 is 2.32 bits per heavy atom. The number of rotatable bonds is 3. The molecule has 0 spiro atoms. The molecule has 0 aliphatic carbocycles. The van der Waals surface area contributed by atoms with Crippen molar-refractivity contribution in [3.63, 3.8) is 0 Å². The van der Waals surface area contributed by atoms with Gasteiger partial charge in [-0.2, -0.15) is 11.8 Å². The van der Waals surface area contributed by atoms with Crippen LogP contribution in [-0.4, -0.2) is 60.6 Å². The molecule has 7 heteroatoms. The molecule has 0 radical (unpaired) electrons. The topological polar surface area (TPSA) is 87.5 Å². The number of hydrogen-bond donors (Lipinski definition) is 3. The van der Waals surface area contributed by atoms with Gasteiger partial charge in [0.1, 0.15) is 0 Å². The number of likely N-dealkylation sites (tertiary alicyclic amines) is 1. The number of thioether (sulfide) groups is 1. The molecule has 6 nitrogen and oxygen atoms in total. The fourth-order valence-corrected chi connectivity index (χ4v) is 3.55. The monoisotopic (exact) mass is 286 g/mol. The van der Waals surface area contributed by atoms with Crippen LogP contribution in [0.4, 0.5) is 4.79 Å². The van der Waals surface area contributed by atoms with Gasteiger partial charge in [0.2, 0.25) is 5.91 Å². The first-order chi connectivity index (χ1) is 9.16. The van der Waals surface area contributed by atoms with Gasteiger partial charge in [0.05, 0.1) is 6.04 Å². The minimum absolute atomic E-state index is 0.0402. The van der Waals surface area contributed by atoms with Gasteiger partial charge >= 0.3 is 6.03 Å². The van der Waals surface area contributed by atoms with E-state index in [0.717, 1.165) is 44.0 Å². The first-order valence-corrected chi connectivity index (χ1v) is 7.95. The summed E-state index contributed by atoms with van der Waals surface area (Å²) >= 11 is 1.83. The predicted octanol–water partition coefficient (Wildman–Crippen LogP) is -0.402. The van der Waals surface area contributed by atoms with Crippen LogP contribution in [0, 0.1) is 5.92 Å². The van der Waals surface area contributed by atoms with Crippen molar-refractivity contribution in [2.75, 3.05) is 37.7 Å². The van der Waals surface area contributed by atoms with E-state index in [-0.39, 0.29) is 11.9 Å². The van der Waals surface area contributed by atoms with Crippen LogP contribution in [0.3, 0.4) is 0 Å². The Hall–Kier alpha value is -0.950. The number of carbonyl (C=O) groups excluding carboxylic acids is 2. The molecule has 2 atom stereocenters. The fraction of sp³-hybridized carbons (Fsp3) is 0.833. The van der Waals surface area contributed by atoms with E-state index in [1.807, 2.05) is 16.7 Å². The maximum Gasteiger partial charge on any atom is 0.312 e. The highest BCUT2D eigenvalue weighted by atomic mass is 32.2. The summed E-state index contributed by atoms with van der Waals surface area (Å²) in [6.45, 7) is 3.02. The van der Waals surface area contributed by atoms with Crippen molar-refractivity contribution in [2.45, 2.75) is 18.9 Å². The van der Waals surface area contributed by atoms with Crippen molar-refractivity contribution >= 4 is 23.7 Å². The van der Waals surface area contributed by atoms with Crippen LogP contribution in [0.5, 0.6) is 0 Å². The number of nitrogens with one attached hydrogen (secondary N) is 2. The quantitative estimate of drug-likeness (QED) is 0.659. The largest absolute Gasteiger partial charge is 0.352 e. The highest BCUT2D eigenvalue weighted by Gasteiger charge is 2.29. The summed E-state index contributed by atoms with van der Waals surface area (Å²) in [5, 5.41) is 5.91. The first kappa shape index (κ1) is 14.5. The molecular weight excluding hydrogens is 264 g/mol. The van der Waals surface area contributed by atoms with Crippen molar-refractivity contribution in [2.24, 2.45) is 11.7 Å². The zero-order chi connectivity index (χ0) is 13.7. The van der Waals surface area contributed by atoms with E-state index in [9.17, 15) is 9.59 Å². The molecule has 2 fully saturated rings. The Labute approximate surface area is 117 Å². The predicted molar refractivity (Wildman–Crippen MR) is 76.0 cm³/mol. The zero-order valence-corrected chi connectivity index (χ0v) is 11.9. The van der Waals surface area contributed by atoms with Crippen molar-refractivity contribution in [3.8, 4) is 0 Å². The maximum absolute atomic E-state index is 12.4. The van der Waals surface area contributed by atoms with Gasteiger partial charge in [-0.05, 0) is 18.8 Å². The molecule has 0 bridgehead atoms. The Morgan fingerprint density at radius 3 is 3.00 bits per heavy atom. The van der Waals surface area contributed by atoms with Crippen LogP contribution < -0.4 is 16.4 Å². The molecule has 4 N–H and O–H groups in total. The first-order valence-electron chi connectivity index (χ1n) is 6.80. The van der Waals surface area contributed by atoms with E-state index in [1.54, 1.807) is 0 Å². The molecule has 2 heterocycles. The minimum atomic E-state index is -0.492. The molecule has 3 amide bonds. The van der Waals surface area contributed by atoms with Crippen molar-refractivity contribution in [1.29, 1.82) is 0 Å². The third-order valence-electron chi connectivity index (χ3n) is 3.62. The normalized spacial score (nSPS) is 27.9. The summed E-state index contributed by atoms with van der Waals surface area (Å²) in [5.74, 6) is 2.46. The highest BCUT2D eigenvalue weighted by molar-refractivity contribution is 7.99. The third-order valence-corrected chi connectivity index (χ3v) is 4.68. The lowest BCUT2D eigenvalue weighted by atomic mass is 9.97. The van der Waals surface area contributed by atoms with Crippen molar-refractivity contribution in [3.05, 3.63) is 0 Å². The molecule has 0 aromatic rings. The van der Waals surface area contributed by atoms with Crippen LogP contribution in [0.2, 0.25) is 0 Å². The molecule has 0 saturated carbocycles. The Morgan fingerprint density at radius 1 is 1.47 bits per heavy atom. The van der Waals surface area contributed by atoms with Gasteiger partial charge in [-0.1, -0.05) is 0 Å². The van der Waals surface area contributed by atoms with Gasteiger partial charge in [0.15, 0.2) is 0 Å². The number of amides is 3.